The van der Waals surface area contributed by atoms with Gasteiger partial charge in [-0.3, -0.25) is 15.1 Å². The summed E-state index contributed by atoms with van der Waals surface area (Å²) in [7, 11) is 0. The number of hydrogen-bond acceptors (Lipinski definition) is 5. The molecule has 0 bridgehead atoms. The van der Waals surface area contributed by atoms with Gasteiger partial charge in [0, 0.05) is 17.8 Å². The third-order valence-electron chi connectivity index (χ3n) is 4.90. The lowest BCUT2D eigenvalue weighted by atomic mass is 9.87. The maximum atomic E-state index is 11.0. The molecule has 4 rings (SSSR count). The number of benzene rings is 3. The van der Waals surface area contributed by atoms with E-state index in [-0.39, 0.29) is 16.1 Å². The molecule has 0 N–H and O–H groups in total. The van der Waals surface area contributed by atoms with Crippen molar-refractivity contribution in [1.82, 2.24) is 4.98 Å². The predicted molar refractivity (Wildman–Crippen MR) is 124 cm³/mol. The smallest absolute Gasteiger partial charge is 0.288 e. The number of hydrogen-bond donors (Lipinski definition) is 0. The van der Waals surface area contributed by atoms with Gasteiger partial charge in [-0.25, -0.2) is 4.98 Å². The maximum Gasteiger partial charge on any atom is 0.288 e. The molecule has 0 radical (unpaired) electrons. The molecule has 1 heterocycles. The molecule has 7 heteroatoms. The Morgan fingerprint density at radius 2 is 1.81 bits per heavy atom. The Morgan fingerprint density at radius 3 is 2.48 bits per heavy atom. The summed E-state index contributed by atoms with van der Waals surface area (Å²) < 4.78 is 5.90. The quantitative estimate of drug-likeness (QED) is 0.195. The highest BCUT2D eigenvalue weighted by atomic mass is 35.5. The molecule has 31 heavy (non-hydrogen) atoms. The summed E-state index contributed by atoms with van der Waals surface area (Å²) >= 11 is 5.85. The van der Waals surface area contributed by atoms with E-state index in [1.807, 2.05) is 24.3 Å². The van der Waals surface area contributed by atoms with Gasteiger partial charge in [0.05, 0.1) is 10.6 Å². The molecular formula is C24H20ClN3O3. The molecular weight excluding hydrogens is 414 g/mol. The van der Waals surface area contributed by atoms with Crippen molar-refractivity contribution in [2.75, 3.05) is 0 Å². The fraction of sp³-hybridized carbons (Fsp3) is 0.167. The highest BCUT2D eigenvalue weighted by Crippen LogP contribution is 2.30. The number of halogens is 1. The fourth-order valence-electron chi connectivity index (χ4n) is 3.13. The lowest BCUT2D eigenvalue weighted by Gasteiger charge is -2.18. The average molecular weight is 434 g/mol. The first-order chi connectivity index (χ1) is 14.7. The second-order valence-corrected chi connectivity index (χ2v) is 8.63. The molecule has 0 amide bonds. The van der Waals surface area contributed by atoms with Gasteiger partial charge in [0.15, 0.2) is 5.58 Å². The van der Waals surface area contributed by atoms with Gasteiger partial charge in [-0.15, -0.1) is 0 Å². The lowest BCUT2D eigenvalue weighted by molar-refractivity contribution is -0.384. The molecule has 0 aliphatic heterocycles. The molecule has 0 fully saturated rings. The van der Waals surface area contributed by atoms with Crippen LogP contribution < -0.4 is 0 Å². The zero-order valence-corrected chi connectivity index (χ0v) is 18.1. The molecule has 156 valence electrons. The zero-order chi connectivity index (χ0) is 22.2. The van der Waals surface area contributed by atoms with Crippen LogP contribution in [0, 0.1) is 10.1 Å². The summed E-state index contributed by atoms with van der Waals surface area (Å²) in [6.45, 7) is 6.52. The first kappa shape index (κ1) is 20.8. The Morgan fingerprint density at radius 1 is 1.06 bits per heavy atom. The molecule has 0 aliphatic rings. The van der Waals surface area contributed by atoms with Crippen molar-refractivity contribution in [3.05, 3.63) is 86.9 Å². The lowest BCUT2D eigenvalue weighted by Crippen LogP contribution is -2.10. The number of rotatable bonds is 4. The standard InChI is InChI=1S/C24H20ClN3O3/c1-24(2,3)17-7-5-16(6-8-17)23-27-20-13-18(9-11-22(20)31-23)26-14-15-4-10-19(25)21(12-15)28(29)30/h4-14H,1-3H3. The van der Waals surface area contributed by atoms with E-state index in [9.17, 15) is 10.1 Å². The molecule has 4 aromatic rings. The topological polar surface area (TPSA) is 81.5 Å². The number of aromatic nitrogens is 1. The minimum Gasteiger partial charge on any atom is -0.436 e. The van der Waals surface area contributed by atoms with Gasteiger partial charge in [0.2, 0.25) is 5.89 Å². The van der Waals surface area contributed by atoms with Crippen molar-refractivity contribution >= 4 is 40.3 Å². The summed E-state index contributed by atoms with van der Waals surface area (Å²) in [5, 5.41) is 11.1. The van der Waals surface area contributed by atoms with Crippen LogP contribution in [0.3, 0.4) is 0 Å². The van der Waals surface area contributed by atoms with Crippen molar-refractivity contribution in [3.8, 4) is 11.5 Å². The number of oxazole rings is 1. The molecule has 6 nitrogen and oxygen atoms in total. The second-order valence-electron chi connectivity index (χ2n) is 8.22. The predicted octanol–water partition coefficient (Wildman–Crippen LogP) is 7.10. The van der Waals surface area contributed by atoms with E-state index in [1.165, 1.54) is 17.7 Å². The number of nitro benzene ring substituents is 1. The van der Waals surface area contributed by atoms with Crippen molar-refractivity contribution in [1.29, 1.82) is 0 Å². The van der Waals surface area contributed by atoms with Crippen LogP contribution in [0.2, 0.25) is 5.02 Å². The van der Waals surface area contributed by atoms with Crippen molar-refractivity contribution in [2.45, 2.75) is 26.2 Å². The first-order valence-electron chi connectivity index (χ1n) is 9.70. The fourth-order valence-corrected chi connectivity index (χ4v) is 3.32. The van der Waals surface area contributed by atoms with E-state index in [0.29, 0.717) is 28.2 Å². The van der Waals surface area contributed by atoms with Crippen molar-refractivity contribution in [3.63, 3.8) is 0 Å². The van der Waals surface area contributed by atoms with E-state index >= 15 is 0 Å². The first-order valence-corrected chi connectivity index (χ1v) is 10.1. The van der Waals surface area contributed by atoms with Gasteiger partial charge >= 0.3 is 0 Å². The average Bonchev–Trinajstić information content (AvgIpc) is 3.16. The monoisotopic (exact) mass is 433 g/mol. The number of fused-ring (bicyclic) bond motifs is 1. The molecule has 0 unspecified atom stereocenters. The number of aliphatic imine (C=N–C) groups is 1. The van der Waals surface area contributed by atoms with Crippen LogP contribution in [-0.4, -0.2) is 16.1 Å². The van der Waals surface area contributed by atoms with Crippen molar-refractivity contribution in [2.24, 2.45) is 4.99 Å². The van der Waals surface area contributed by atoms with Gasteiger partial charge in [-0.05, 0) is 52.9 Å². The normalized spacial score (nSPS) is 12.0. The minimum atomic E-state index is -0.517. The van der Waals surface area contributed by atoms with E-state index in [0.717, 1.165) is 5.56 Å². The number of nitrogens with zero attached hydrogens (tertiary/aromatic N) is 3. The second kappa shape index (κ2) is 7.96. The Kier molecular flexibility index (Phi) is 5.33. The summed E-state index contributed by atoms with van der Waals surface area (Å²) in [5.74, 6) is 0.546. The molecule has 0 aliphatic carbocycles. The van der Waals surface area contributed by atoms with Crippen LogP contribution in [0.15, 0.2) is 70.1 Å². The minimum absolute atomic E-state index is 0.0806. The van der Waals surface area contributed by atoms with Crippen LogP contribution in [0.4, 0.5) is 11.4 Å². The molecule has 0 saturated heterocycles. The number of nitro groups is 1. The summed E-state index contributed by atoms with van der Waals surface area (Å²) in [4.78, 5) is 19.5. The van der Waals surface area contributed by atoms with E-state index in [1.54, 1.807) is 18.3 Å². The molecule has 0 atom stereocenters. The third kappa shape index (κ3) is 4.49. The molecule has 0 saturated carbocycles. The van der Waals surface area contributed by atoms with Gasteiger partial charge < -0.3 is 4.42 Å². The van der Waals surface area contributed by atoms with Crippen LogP contribution in [0.1, 0.15) is 31.9 Å². The molecule has 1 aromatic heterocycles. The Bertz CT molecular complexity index is 1300. The summed E-state index contributed by atoms with van der Waals surface area (Å²) in [6.07, 6.45) is 1.55. The highest BCUT2D eigenvalue weighted by Gasteiger charge is 2.15. The van der Waals surface area contributed by atoms with E-state index in [2.05, 4.69) is 42.9 Å². The van der Waals surface area contributed by atoms with Gasteiger partial charge in [0.25, 0.3) is 5.69 Å². The van der Waals surface area contributed by atoms with E-state index < -0.39 is 4.92 Å². The zero-order valence-electron chi connectivity index (χ0n) is 17.3. The Labute approximate surface area is 184 Å². The van der Waals surface area contributed by atoms with Gasteiger partial charge in [-0.1, -0.05) is 50.6 Å². The summed E-state index contributed by atoms with van der Waals surface area (Å²) in [5.41, 5.74) is 4.66. The largest absolute Gasteiger partial charge is 0.436 e. The molecule has 0 spiro atoms. The van der Waals surface area contributed by atoms with Gasteiger partial charge in [0.1, 0.15) is 10.5 Å². The van der Waals surface area contributed by atoms with Crippen molar-refractivity contribution < 1.29 is 9.34 Å². The van der Waals surface area contributed by atoms with Gasteiger partial charge in [-0.2, -0.15) is 0 Å². The SMILES string of the molecule is CC(C)(C)c1ccc(-c2nc3cc(N=Cc4ccc(Cl)c([N+](=O)[O-])c4)ccc3o2)cc1. The highest BCUT2D eigenvalue weighted by molar-refractivity contribution is 6.32. The van der Waals surface area contributed by atoms with Crippen LogP contribution in [-0.2, 0) is 5.41 Å². The third-order valence-corrected chi connectivity index (χ3v) is 5.22. The molecule has 3 aromatic carbocycles. The Balaban J connectivity index is 1.60. The van der Waals surface area contributed by atoms with Crippen LogP contribution in [0.25, 0.3) is 22.6 Å². The summed E-state index contributed by atoms with van der Waals surface area (Å²) in [6, 6.07) is 18.2. The maximum absolute atomic E-state index is 11.0. The Hall–Kier alpha value is -3.51. The van der Waals surface area contributed by atoms with Crippen LogP contribution in [0.5, 0.6) is 0 Å². The van der Waals surface area contributed by atoms with Crippen LogP contribution >= 0.6 is 11.6 Å². The van der Waals surface area contributed by atoms with E-state index in [4.69, 9.17) is 16.0 Å².